The molecule has 4 N–H and O–H groups in total. The summed E-state index contributed by atoms with van der Waals surface area (Å²) in [4.78, 5) is 4.15. The molecule has 1 unspecified atom stereocenters. The van der Waals surface area contributed by atoms with Crippen LogP contribution in [-0.2, 0) is 5.79 Å². The predicted molar refractivity (Wildman–Crippen MR) is 121 cm³/mol. The molecular formula is C22H27FN4O6. The van der Waals surface area contributed by atoms with E-state index in [0.717, 1.165) is 6.21 Å². The number of nitrogens with zero attached hydrogens (tertiary/aromatic N) is 1. The highest BCUT2D eigenvalue weighted by Gasteiger charge is 2.33. The molecule has 1 aliphatic heterocycles. The summed E-state index contributed by atoms with van der Waals surface area (Å²) in [7, 11) is 8.93. The van der Waals surface area contributed by atoms with Crippen molar-refractivity contribution >= 4 is 11.9 Å². The van der Waals surface area contributed by atoms with E-state index in [-0.39, 0.29) is 5.82 Å². The Labute approximate surface area is 191 Å². The molecule has 2 aromatic carbocycles. The fraction of sp³-hybridized carbons (Fsp3) is 0.318. The minimum Gasteiger partial charge on any atom is -0.493 e. The molecule has 0 fully saturated rings. The molecule has 0 aromatic heterocycles. The first-order valence-electron chi connectivity index (χ1n) is 9.73. The summed E-state index contributed by atoms with van der Waals surface area (Å²) < 4.78 is 46.9. The second kappa shape index (κ2) is 9.74. The minimum absolute atomic E-state index is 0.0180. The lowest BCUT2D eigenvalue weighted by Gasteiger charge is -2.33. The van der Waals surface area contributed by atoms with Crippen LogP contribution >= 0.6 is 0 Å². The highest BCUT2D eigenvalue weighted by atomic mass is 19.1. The Hall–Kier alpha value is -3.86. The van der Waals surface area contributed by atoms with Crippen molar-refractivity contribution in [3.63, 3.8) is 0 Å². The molecule has 1 heterocycles. The Kier molecular flexibility index (Phi) is 7.02. The molecule has 1 aliphatic rings. The summed E-state index contributed by atoms with van der Waals surface area (Å²) >= 11 is 0. The normalized spacial score (nSPS) is 17.2. The highest BCUT2D eigenvalue weighted by Crippen LogP contribution is 2.42. The van der Waals surface area contributed by atoms with Gasteiger partial charge in [0.25, 0.3) is 0 Å². The Balaban J connectivity index is 1.98. The number of nitrogens with one attached hydrogen (secondary N) is 2. The van der Waals surface area contributed by atoms with Crippen molar-refractivity contribution in [2.75, 3.05) is 48.0 Å². The molecule has 0 bridgehead atoms. The van der Waals surface area contributed by atoms with Crippen molar-refractivity contribution in [3.05, 3.63) is 41.5 Å². The first-order chi connectivity index (χ1) is 15.8. The highest BCUT2D eigenvalue weighted by molar-refractivity contribution is 5.80. The number of hydrogen-bond donors (Lipinski definition) is 3. The van der Waals surface area contributed by atoms with Gasteiger partial charge in [0.1, 0.15) is 5.82 Å². The third kappa shape index (κ3) is 4.53. The number of rotatable bonds is 9. The fourth-order valence-corrected chi connectivity index (χ4v) is 3.34. The number of ether oxygens (including phenoxy) is 6. The zero-order chi connectivity index (χ0) is 24.2. The number of allylic oxidation sites excluding steroid dienone is 1. The lowest BCUT2D eigenvalue weighted by Crippen LogP contribution is -2.51. The summed E-state index contributed by atoms with van der Waals surface area (Å²) in [6.07, 6.45) is 1.03. The maximum absolute atomic E-state index is 14.7. The molecular weight excluding hydrogens is 435 g/mol. The van der Waals surface area contributed by atoms with Crippen LogP contribution in [0, 0.1) is 0 Å². The SMILES string of the molecule is COc1cc(NC2=C(F)C=NC(N)(c3cc(OC)c(OC)c(OC)c3)N2)cc(OC)c1OC. The fourth-order valence-electron chi connectivity index (χ4n) is 3.34. The Bertz CT molecular complexity index is 1040. The zero-order valence-electron chi connectivity index (χ0n) is 19.2. The number of hydrogen-bond acceptors (Lipinski definition) is 10. The predicted octanol–water partition coefficient (Wildman–Crippen LogP) is 2.73. The second-order valence-corrected chi connectivity index (χ2v) is 6.83. The van der Waals surface area contributed by atoms with Crippen LogP contribution in [0.3, 0.4) is 0 Å². The number of benzene rings is 2. The van der Waals surface area contributed by atoms with E-state index in [1.54, 1.807) is 24.3 Å². The van der Waals surface area contributed by atoms with Gasteiger partial charge in [-0.15, -0.1) is 0 Å². The van der Waals surface area contributed by atoms with E-state index in [0.29, 0.717) is 45.7 Å². The topological polar surface area (TPSA) is 118 Å². The van der Waals surface area contributed by atoms with E-state index in [1.807, 2.05) is 0 Å². The van der Waals surface area contributed by atoms with Gasteiger partial charge in [-0.2, -0.15) is 0 Å². The van der Waals surface area contributed by atoms with Gasteiger partial charge in [0, 0.05) is 23.4 Å². The number of halogens is 1. The molecule has 0 saturated heterocycles. The number of aliphatic imine (C=N–C) groups is 1. The maximum Gasteiger partial charge on any atom is 0.210 e. The molecule has 0 saturated carbocycles. The van der Waals surface area contributed by atoms with Crippen LogP contribution in [-0.4, -0.2) is 48.9 Å². The van der Waals surface area contributed by atoms with Gasteiger partial charge in [-0.05, 0) is 12.1 Å². The smallest absolute Gasteiger partial charge is 0.210 e. The van der Waals surface area contributed by atoms with Crippen LogP contribution in [0.1, 0.15) is 5.56 Å². The maximum atomic E-state index is 14.7. The first kappa shape index (κ1) is 23.8. The van der Waals surface area contributed by atoms with Crippen molar-refractivity contribution in [2.24, 2.45) is 10.7 Å². The summed E-state index contributed by atoms with van der Waals surface area (Å²) in [5.74, 6) is 0.139. The second-order valence-electron chi connectivity index (χ2n) is 6.83. The minimum atomic E-state index is -1.54. The molecule has 0 radical (unpaired) electrons. The third-order valence-corrected chi connectivity index (χ3v) is 4.97. The molecule has 0 aliphatic carbocycles. The van der Waals surface area contributed by atoms with Gasteiger partial charge in [0.2, 0.25) is 17.3 Å². The lowest BCUT2D eigenvalue weighted by molar-refractivity contribution is 0.318. The molecule has 10 nitrogen and oxygen atoms in total. The Morgan fingerprint density at radius 1 is 0.788 bits per heavy atom. The van der Waals surface area contributed by atoms with Crippen LogP contribution in [0.4, 0.5) is 10.1 Å². The van der Waals surface area contributed by atoms with Crippen LogP contribution < -0.4 is 44.8 Å². The first-order valence-corrected chi connectivity index (χ1v) is 9.73. The molecule has 0 spiro atoms. The molecule has 3 rings (SSSR count). The van der Waals surface area contributed by atoms with Gasteiger partial charge in [-0.25, -0.2) is 9.38 Å². The van der Waals surface area contributed by atoms with Gasteiger partial charge in [-0.3, -0.25) is 5.73 Å². The Morgan fingerprint density at radius 3 is 1.67 bits per heavy atom. The van der Waals surface area contributed by atoms with Gasteiger partial charge in [0.15, 0.2) is 28.8 Å². The van der Waals surface area contributed by atoms with Crippen molar-refractivity contribution in [3.8, 4) is 34.5 Å². The van der Waals surface area contributed by atoms with Gasteiger partial charge in [-0.1, -0.05) is 0 Å². The quantitative estimate of drug-likeness (QED) is 0.517. The van der Waals surface area contributed by atoms with Crippen molar-refractivity contribution in [2.45, 2.75) is 5.79 Å². The standard InChI is InChI=1S/C22H27FN4O6/c1-28-15-7-12(8-16(29-2)19(15)32-5)22(24)25-11-14(23)21(27-22)26-13-9-17(30-3)20(33-6)18(10-13)31-4/h7-11,26-27H,24H2,1-6H3. The number of nitrogens with two attached hydrogens (primary N) is 1. The van der Waals surface area contributed by atoms with Crippen LogP contribution in [0.2, 0.25) is 0 Å². The number of methoxy groups -OCH3 is 6. The van der Waals surface area contributed by atoms with Crippen LogP contribution in [0.15, 0.2) is 40.9 Å². The average Bonchev–Trinajstić information content (AvgIpc) is 2.84. The summed E-state index contributed by atoms with van der Waals surface area (Å²) in [6.45, 7) is 0. The molecule has 33 heavy (non-hydrogen) atoms. The van der Waals surface area contributed by atoms with E-state index >= 15 is 0 Å². The van der Waals surface area contributed by atoms with Gasteiger partial charge in [0.05, 0.1) is 48.9 Å². The Morgan fingerprint density at radius 2 is 1.24 bits per heavy atom. The van der Waals surface area contributed by atoms with Crippen LogP contribution in [0.25, 0.3) is 0 Å². The molecule has 11 heteroatoms. The van der Waals surface area contributed by atoms with E-state index in [9.17, 15) is 4.39 Å². The van der Waals surface area contributed by atoms with Gasteiger partial charge >= 0.3 is 0 Å². The van der Waals surface area contributed by atoms with Crippen molar-refractivity contribution < 1.29 is 32.8 Å². The summed E-state index contributed by atoms with van der Waals surface area (Å²) in [5, 5.41) is 5.85. The third-order valence-electron chi connectivity index (χ3n) is 4.97. The van der Waals surface area contributed by atoms with Crippen molar-refractivity contribution in [1.29, 1.82) is 0 Å². The van der Waals surface area contributed by atoms with E-state index in [4.69, 9.17) is 34.2 Å². The summed E-state index contributed by atoms with van der Waals surface area (Å²) in [5.41, 5.74) is 7.42. The lowest BCUT2D eigenvalue weighted by atomic mass is 10.1. The van der Waals surface area contributed by atoms with E-state index in [1.165, 1.54) is 42.7 Å². The van der Waals surface area contributed by atoms with E-state index < -0.39 is 11.6 Å². The summed E-state index contributed by atoms with van der Waals surface area (Å²) in [6, 6.07) is 6.53. The monoisotopic (exact) mass is 462 g/mol. The van der Waals surface area contributed by atoms with Crippen molar-refractivity contribution in [1.82, 2.24) is 5.32 Å². The molecule has 1 atom stereocenters. The van der Waals surface area contributed by atoms with Crippen LogP contribution in [0.5, 0.6) is 34.5 Å². The molecule has 2 aromatic rings. The zero-order valence-corrected chi connectivity index (χ0v) is 19.2. The number of anilines is 1. The largest absolute Gasteiger partial charge is 0.493 e. The molecule has 0 amide bonds. The average molecular weight is 462 g/mol. The van der Waals surface area contributed by atoms with E-state index in [2.05, 4.69) is 15.6 Å². The molecule has 178 valence electrons. The van der Waals surface area contributed by atoms with Gasteiger partial charge < -0.3 is 39.1 Å².